The maximum Gasteiger partial charge on any atom is 0.220 e. The lowest BCUT2D eigenvalue weighted by Crippen LogP contribution is -2.27. The smallest absolute Gasteiger partial charge is 0.220 e. The van der Waals surface area contributed by atoms with Gasteiger partial charge in [0.25, 0.3) is 0 Å². The lowest BCUT2D eigenvalue weighted by Gasteiger charge is -2.11. The van der Waals surface area contributed by atoms with Crippen molar-refractivity contribution in [2.75, 3.05) is 20.3 Å². The van der Waals surface area contributed by atoms with Crippen LogP contribution >= 0.6 is 0 Å². The van der Waals surface area contributed by atoms with E-state index in [0.29, 0.717) is 42.9 Å². The molecule has 0 saturated carbocycles. The van der Waals surface area contributed by atoms with Gasteiger partial charge in [-0.2, -0.15) is 5.10 Å². The molecule has 0 saturated heterocycles. The third kappa shape index (κ3) is 4.31. The van der Waals surface area contributed by atoms with E-state index in [1.165, 1.54) is 12.1 Å². The van der Waals surface area contributed by atoms with Gasteiger partial charge in [-0.15, -0.1) is 0 Å². The van der Waals surface area contributed by atoms with Gasteiger partial charge in [-0.3, -0.25) is 4.79 Å². The van der Waals surface area contributed by atoms with Crippen LogP contribution in [0.5, 0.6) is 0 Å². The Morgan fingerprint density at radius 1 is 1.30 bits per heavy atom. The predicted octanol–water partition coefficient (Wildman–Crippen LogP) is 2.85. The first-order valence-corrected chi connectivity index (χ1v) is 8.87. The van der Waals surface area contributed by atoms with Gasteiger partial charge in [0.1, 0.15) is 5.82 Å². The monoisotopic (exact) mass is 370 g/mol. The molecule has 0 spiro atoms. The molecule has 1 amide bonds. The number of hydrogen-bond acceptors (Lipinski definition) is 4. The average Bonchev–Trinajstić information content (AvgIpc) is 3.06. The lowest BCUT2D eigenvalue weighted by molar-refractivity contribution is -0.121. The quantitative estimate of drug-likeness (QED) is 0.650. The molecule has 0 fully saturated rings. The molecule has 7 heteroatoms. The lowest BCUT2D eigenvalue weighted by atomic mass is 10.1. The minimum atomic E-state index is -0.300. The molecular formula is C20H23FN4O2. The Kier molecular flexibility index (Phi) is 5.81. The minimum Gasteiger partial charge on any atom is -0.383 e. The number of carbonyl (C=O) groups excluding carboxylic acids is 1. The molecule has 0 atom stereocenters. The van der Waals surface area contributed by atoms with E-state index < -0.39 is 0 Å². The van der Waals surface area contributed by atoms with Crippen LogP contribution in [0.4, 0.5) is 4.39 Å². The van der Waals surface area contributed by atoms with Crippen molar-refractivity contribution in [3.8, 4) is 11.3 Å². The van der Waals surface area contributed by atoms with Crippen molar-refractivity contribution in [1.29, 1.82) is 0 Å². The van der Waals surface area contributed by atoms with E-state index in [2.05, 4.69) is 15.4 Å². The molecule has 1 aromatic carbocycles. The summed E-state index contributed by atoms with van der Waals surface area (Å²) < 4.78 is 20.2. The number of hydrogen-bond donors (Lipinski definition) is 1. The molecule has 0 unspecified atom stereocenters. The molecule has 0 aliphatic heterocycles. The first-order chi connectivity index (χ1) is 13.0. The van der Waals surface area contributed by atoms with E-state index in [1.54, 1.807) is 17.7 Å². The number of nitrogens with zero attached hydrogens (tertiary/aromatic N) is 3. The summed E-state index contributed by atoms with van der Waals surface area (Å²) in [5, 5.41) is 7.40. The van der Waals surface area contributed by atoms with Crippen LogP contribution in [0.1, 0.15) is 23.4 Å². The SMILES string of the molecule is COCCNC(=O)CCc1c(C)nc2cc(-c3cccc(F)c3)nn2c1C. The molecule has 3 rings (SSSR count). The number of ether oxygens (including phenoxy) is 1. The van der Waals surface area contributed by atoms with E-state index >= 15 is 0 Å². The number of aryl methyl sites for hydroxylation is 2. The molecule has 0 bridgehead atoms. The summed E-state index contributed by atoms with van der Waals surface area (Å²) in [5.74, 6) is -0.322. The normalized spacial score (nSPS) is 11.1. The first kappa shape index (κ1) is 19.0. The molecule has 1 N–H and O–H groups in total. The van der Waals surface area contributed by atoms with E-state index in [-0.39, 0.29) is 11.7 Å². The Labute approximate surface area is 157 Å². The second kappa shape index (κ2) is 8.26. The second-order valence-corrected chi connectivity index (χ2v) is 6.41. The van der Waals surface area contributed by atoms with Gasteiger partial charge in [0.05, 0.1) is 12.3 Å². The Morgan fingerprint density at radius 3 is 2.85 bits per heavy atom. The minimum absolute atomic E-state index is 0.0214. The molecule has 0 aliphatic rings. The number of nitrogens with one attached hydrogen (secondary N) is 1. The second-order valence-electron chi connectivity index (χ2n) is 6.41. The van der Waals surface area contributed by atoms with Crippen molar-refractivity contribution in [3.63, 3.8) is 0 Å². The van der Waals surface area contributed by atoms with Gasteiger partial charge >= 0.3 is 0 Å². The highest BCUT2D eigenvalue weighted by atomic mass is 19.1. The van der Waals surface area contributed by atoms with Gasteiger partial charge < -0.3 is 10.1 Å². The average molecular weight is 370 g/mol. The first-order valence-electron chi connectivity index (χ1n) is 8.87. The van der Waals surface area contributed by atoms with Crippen molar-refractivity contribution in [2.45, 2.75) is 26.7 Å². The third-order valence-corrected chi connectivity index (χ3v) is 4.51. The molecule has 0 aliphatic carbocycles. The van der Waals surface area contributed by atoms with Crippen LogP contribution in [0, 0.1) is 19.7 Å². The van der Waals surface area contributed by atoms with E-state index in [1.807, 2.05) is 26.0 Å². The van der Waals surface area contributed by atoms with Gasteiger partial charge in [-0.05, 0) is 38.0 Å². The van der Waals surface area contributed by atoms with Crippen molar-refractivity contribution in [3.05, 3.63) is 53.1 Å². The van der Waals surface area contributed by atoms with Gasteiger partial charge in [-0.1, -0.05) is 12.1 Å². The standard InChI is InChI=1S/C20H23FN4O2/c1-13-17(7-8-20(26)22-9-10-27-3)14(2)25-19(23-13)12-18(24-25)15-5-4-6-16(21)11-15/h4-6,11-12H,7-10H2,1-3H3,(H,22,26). The number of fused-ring (bicyclic) bond motifs is 1. The van der Waals surface area contributed by atoms with E-state index in [4.69, 9.17) is 4.74 Å². The molecule has 2 heterocycles. The number of halogens is 1. The van der Waals surface area contributed by atoms with Crippen LogP contribution < -0.4 is 5.32 Å². The summed E-state index contributed by atoms with van der Waals surface area (Å²) in [6.45, 7) is 4.89. The number of aromatic nitrogens is 3. The largest absolute Gasteiger partial charge is 0.383 e. The predicted molar refractivity (Wildman–Crippen MR) is 101 cm³/mol. The Hall–Kier alpha value is -2.80. The van der Waals surface area contributed by atoms with Crippen molar-refractivity contribution < 1.29 is 13.9 Å². The third-order valence-electron chi connectivity index (χ3n) is 4.51. The number of benzene rings is 1. The summed E-state index contributed by atoms with van der Waals surface area (Å²) in [5.41, 5.74) is 4.88. The topological polar surface area (TPSA) is 68.5 Å². The fraction of sp³-hybridized carbons (Fsp3) is 0.350. The van der Waals surface area contributed by atoms with E-state index in [0.717, 1.165) is 17.0 Å². The molecule has 6 nitrogen and oxygen atoms in total. The van der Waals surface area contributed by atoms with Crippen LogP contribution in [0.2, 0.25) is 0 Å². The summed E-state index contributed by atoms with van der Waals surface area (Å²) in [7, 11) is 1.60. The van der Waals surface area contributed by atoms with Crippen LogP contribution in [0.25, 0.3) is 16.9 Å². The van der Waals surface area contributed by atoms with Gasteiger partial charge in [0, 0.05) is 43.1 Å². The summed E-state index contributed by atoms with van der Waals surface area (Å²) in [4.78, 5) is 16.6. The van der Waals surface area contributed by atoms with Gasteiger partial charge in [0.2, 0.25) is 5.91 Å². The van der Waals surface area contributed by atoms with Crippen LogP contribution in [0.15, 0.2) is 30.3 Å². The van der Waals surface area contributed by atoms with Crippen LogP contribution in [0.3, 0.4) is 0 Å². The van der Waals surface area contributed by atoms with Crippen molar-refractivity contribution >= 4 is 11.6 Å². The van der Waals surface area contributed by atoms with Crippen molar-refractivity contribution in [1.82, 2.24) is 19.9 Å². The van der Waals surface area contributed by atoms with Gasteiger partial charge in [-0.25, -0.2) is 13.9 Å². The van der Waals surface area contributed by atoms with E-state index in [9.17, 15) is 9.18 Å². The Bertz CT molecular complexity index is 968. The van der Waals surface area contributed by atoms with Crippen molar-refractivity contribution in [2.24, 2.45) is 0 Å². The highest BCUT2D eigenvalue weighted by Crippen LogP contribution is 2.23. The molecule has 2 aromatic heterocycles. The van der Waals surface area contributed by atoms with Crippen LogP contribution in [-0.4, -0.2) is 40.8 Å². The zero-order valence-electron chi connectivity index (χ0n) is 15.8. The number of methoxy groups -OCH3 is 1. The highest BCUT2D eigenvalue weighted by molar-refractivity contribution is 5.76. The Morgan fingerprint density at radius 2 is 2.11 bits per heavy atom. The maximum atomic E-state index is 13.5. The van der Waals surface area contributed by atoms with Gasteiger partial charge in [0.15, 0.2) is 5.65 Å². The fourth-order valence-electron chi connectivity index (χ4n) is 3.10. The maximum absolute atomic E-state index is 13.5. The molecule has 0 radical (unpaired) electrons. The highest BCUT2D eigenvalue weighted by Gasteiger charge is 2.14. The fourth-order valence-corrected chi connectivity index (χ4v) is 3.10. The number of carbonyl (C=O) groups is 1. The summed E-state index contributed by atoms with van der Waals surface area (Å²) in [6.07, 6.45) is 0.950. The molecular weight excluding hydrogens is 347 g/mol. The molecule has 27 heavy (non-hydrogen) atoms. The Balaban J connectivity index is 1.84. The summed E-state index contributed by atoms with van der Waals surface area (Å²) >= 11 is 0. The number of rotatable bonds is 7. The zero-order valence-corrected chi connectivity index (χ0v) is 15.8. The van der Waals surface area contributed by atoms with Crippen LogP contribution in [-0.2, 0) is 16.0 Å². The molecule has 142 valence electrons. The molecule has 3 aromatic rings. The number of amides is 1. The zero-order chi connectivity index (χ0) is 19.4. The summed E-state index contributed by atoms with van der Waals surface area (Å²) in [6, 6.07) is 8.18.